The number of para-hydroxylation sites is 1. The van der Waals surface area contributed by atoms with Gasteiger partial charge in [0.05, 0.1) is 21.7 Å². The van der Waals surface area contributed by atoms with Gasteiger partial charge >= 0.3 is 6.03 Å². The van der Waals surface area contributed by atoms with E-state index in [2.05, 4.69) is 33.0 Å². The fraction of sp³-hybridized carbons (Fsp3) is 0.385. The van der Waals surface area contributed by atoms with Gasteiger partial charge in [0, 0.05) is 49.9 Å². The summed E-state index contributed by atoms with van der Waals surface area (Å²) in [5.74, 6) is 1.28. The van der Waals surface area contributed by atoms with E-state index in [0.717, 1.165) is 48.1 Å². The first-order valence-corrected chi connectivity index (χ1v) is 11.9. The van der Waals surface area contributed by atoms with Gasteiger partial charge in [-0.3, -0.25) is 10.1 Å². The zero-order chi connectivity index (χ0) is 24.9. The average molecular weight is 477 g/mol. The number of amides is 2. The summed E-state index contributed by atoms with van der Waals surface area (Å²) >= 11 is 0. The van der Waals surface area contributed by atoms with Crippen molar-refractivity contribution in [1.82, 2.24) is 10.3 Å². The highest BCUT2D eigenvalue weighted by atomic mass is 16.6. The van der Waals surface area contributed by atoms with Gasteiger partial charge in [-0.1, -0.05) is 24.3 Å². The maximum Gasteiger partial charge on any atom is 0.319 e. The molecule has 0 spiro atoms. The summed E-state index contributed by atoms with van der Waals surface area (Å²) in [6.07, 6.45) is 4.01. The van der Waals surface area contributed by atoms with Gasteiger partial charge in [-0.15, -0.1) is 0 Å². The molecular formula is C26H32N6O3. The molecule has 1 aliphatic carbocycles. The summed E-state index contributed by atoms with van der Waals surface area (Å²) in [4.78, 5) is 29.9. The topological polar surface area (TPSA) is 112 Å². The molecule has 0 saturated heterocycles. The molecule has 0 atom stereocenters. The lowest BCUT2D eigenvalue weighted by atomic mass is 9.86. The molecule has 1 heterocycles. The molecule has 0 unspecified atom stereocenters. The lowest BCUT2D eigenvalue weighted by Gasteiger charge is -2.30. The van der Waals surface area contributed by atoms with Crippen molar-refractivity contribution in [3.8, 4) is 0 Å². The molecule has 35 heavy (non-hydrogen) atoms. The number of rotatable bonds is 7. The van der Waals surface area contributed by atoms with Gasteiger partial charge < -0.3 is 20.9 Å². The van der Waals surface area contributed by atoms with Gasteiger partial charge in [0.15, 0.2) is 0 Å². The van der Waals surface area contributed by atoms with Crippen molar-refractivity contribution in [3.63, 3.8) is 0 Å². The molecule has 2 amide bonds. The molecule has 4 rings (SSSR count). The van der Waals surface area contributed by atoms with E-state index in [1.807, 2.05) is 32.3 Å². The number of aromatic nitrogens is 1. The summed E-state index contributed by atoms with van der Waals surface area (Å²) < 4.78 is 0. The van der Waals surface area contributed by atoms with Gasteiger partial charge in [-0.2, -0.15) is 0 Å². The quantitative estimate of drug-likeness (QED) is 0.315. The second-order valence-electron chi connectivity index (χ2n) is 9.34. The van der Waals surface area contributed by atoms with E-state index in [-0.39, 0.29) is 11.7 Å². The largest absolute Gasteiger partial charge is 0.377 e. The molecule has 2 aromatic carbocycles. The van der Waals surface area contributed by atoms with Crippen LogP contribution in [0.4, 0.5) is 27.7 Å². The number of hydrogen-bond donors (Lipinski definition) is 3. The number of carbonyl (C=O) groups is 1. The Kier molecular flexibility index (Phi) is 7.33. The number of pyridine rings is 1. The summed E-state index contributed by atoms with van der Waals surface area (Å²) in [5.41, 5.74) is 3.00. The van der Waals surface area contributed by atoms with Crippen LogP contribution in [-0.4, -0.2) is 42.6 Å². The summed E-state index contributed by atoms with van der Waals surface area (Å²) in [7, 11) is 4.08. The molecule has 1 aromatic heterocycles. The maximum atomic E-state index is 12.4. The molecule has 184 valence electrons. The molecule has 1 aliphatic rings. The predicted molar refractivity (Wildman–Crippen MR) is 140 cm³/mol. The maximum absolute atomic E-state index is 12.4. The third-order valence-corrected chi connectivity index (χ3v) is 6.68. The number of carbonyl (C=O) groups excluding carboxylic acids is 1. The van der Waals surface area contributed by atoms with Crippen molar-refractivity contribution in [2.75, 3.05) is 36.2 Å². The fourth-order valence-corrected chi connectivity index (χ4v) is 4.68. The van der Waals surface area contributed by atoms with Crippen LogP contribution in [0.2, 0.25) is 0 Å². The lowest BCUT2D eigenvalue weighted by molar-refractivity contribution is -0.385. The minimum atomic E-state index is -0.445. The highest BCUT2D eigenvalue weighted by Crippen LogP contribution is 2.30. The molecule has 9 nitrogen and oxygen atoms in total. The Labute approximate surface area is 205 Å². The van der Waals surface area contributed by atoms with E-state index in [1.54, 1.807) is 19.1 Å². The van der Waals surface area contributed by atoms with Crippen LogP contribution >= 0.6 is 0 Å². The number of benzene rings is 2. The van der Waals surface area contributed by atoms with E-state index in [4.69, 9.17) is 4.98 Å². The van der Waals surface area contributed by atoms with Crippen LogP contribution in [0, 0.1) is 23.0 Å². The molecule has 0 aliphatic heterocycles. The number of anilines is 3. The summed E-state index contributed by atoms with van der Waals surface area (Å²) in [6.45, 7) is 2.21. The van der Waals surface area contributed by atoms with Gasteiger partial charge in [0.1, 0.15) is 5.82 Å². The number of nitrogens with zero attached hydrogens (tertiary/aromatic N) is 3. The number of hydrogen-bond acceptors (Lipinski definition) is 6. The molecule has 9 heteroatoms. The average Bonchev–Trinajstić information content (AvgIpc) is 2.84. The van der Waals surface area contributed by atoms with Crippen LogP contribution in [0.1, 0.15) is 31.2 Å². The fourth-order valence-electron chi connectivity index (χ4n) is 4.68. The van der Waals surface area contributed by atoms with Crippen molar-refractivity contribution in [2.24, 2.45) is 5.92 Å². The van der Waals surface area contributed by atoms with Crippen LogP contribution in [0.5, 0.6) is 0 Å². The Hall–Kier alpha value is -3.88. The second kappa shape index (κ2) is 10.6. The van der Waals surface area contributed by atoms with Gasteiger partial charge in [-0.25, -0.2) is 9.78 Å². The standard InChI is InChI=1S/C26H32N6O3/c1-17-21(9-6-10-23(17)32(34)35)30-26(33)27-16-18-11-13-19(14-12-18)28-25-15-24(31(2)3)20-7-4-5-8-22(20)29-25/h4-10,15,18-19H,11-14,16H2,1-3H3,(H,28,29)(H2,27,30,33). The molecule has 3 N–H and O–H groups in total. The Morgan fingerprint density at radius 2 is 1.86 bits per heavy atom. The number of nitro groups is 1. The van der Waals surface area contributed by atoms with E-state index in [1.165, 1.54) is 6.07 Å². The van der Waals surface area contributed by atoms with Gasteiger partial charge in [0.2, 0.25) is 0 Å². The number of fused-ring (bicyclic) bond motifs is 1. The Morgan fingerprint density at radius 1 is 1.11 bits per heavy atom. The first kappa shape index (κ1) is 24.3. The molecular weight excluding hydrogens is 444 g/mol. The summed E-state index contributed by atoms with van der Waals surface area (Å²) in [6, 6.07) is 14.9. The third-order valence-electron chi connectivity index (χ3n) is 6.68. The minimum Gasteiger partial charge on any atom is -0.377 e. The molecule has 0 bridgehead atoms. The Balaban J connectivity index is 1.28. The molecule has 1 saturated carbocycles. The summed E-state index contributed by atoms with van der Waals surface area (Å²) in [5, 5.41) is 21.5. The number of nitrogens with one attached hydrogen (secondary N) is 3. The minimum absolute atomic E-state index is 0.00720. The van der Waals surface area contributed by atoms with Gasteiger partial charge in [-0.05, 0) is 50.7 Å². The molecule has 0 radical (unpaired) electrons. The number of nitro benzene ring substituents is 1. The van der Waals surface area contributed by atoms with E-state index < -0.39 is 4.92 Å². The van der Waals surface area contributed by atoms with Crippen molar-refractivity contribution in [2.45, 2.75) is 38.6 Å². The van der Waals surface area contributed by atoms with E-state index in [9.17, 15) is 14.9 Å². The highest BCUT2D eigenvalue weighted by molar-refractivity contribution is 5.93. The first-order chi connectivity index (χ1) is 16.8. The highest BCUT2D eigenvalue weighted by Gasteiger charge is 2.23. The number of urea groups is 1. The smallest absolute Gasteiger partial charge is 0.319 e. The van der Waals surface area contributed by atoms with Crippen LogP contribution < -0.4 is 20.9 Å². The van der Waals surface area contributed by atoms with E-state index >= 15 is 0 Å². The molecule has 3 aromatic rings. The first-order valence-electron chi connectivity index (χ1n) is 11.9. The van der Waals surface area contributed by atoms with Crippen molar-refractivity contribution in [3.05, 3.63) is 64.2 Å². The van der Waals surface area contributed by atoms with Crippen molar-refractivity contribution >= 4 is 39.8 Å². The zero-order valence-corrected chi connectivity index (χ0v) is 20.4. The Bertz CT molecular complexity index is 1220. The Morgan fingerprint density at radius 3 is 2.57 bits per heavy atom. The van der Waals surface area contributed by atoms with Crippen molar-refractivity contribution < 1.29 is 9.72 Å². The monoisotopic (exact) mass is 476 g/mol. The predicted octanol–water partition coefficient (Wildman–Crippen LogP) is 5.31. The SMILES string of the molecule is Cc1c(NC(=O)NCC2CCC(Nc3cc(N(C)C)c4ccccc4n3)CC2)cccc1[N+](=O)[O-]. The third kappa shape index (κ3) is 5.79. The second-order valence-corrected chi connectivity index (χ2v) is 9.34. The van der Waals surface area contributed by atoms with Crippen LogP contribution in [0.3, 0.4) is 0 Å². The van der Waals surface area contributed by atoms with Crippen LogP contribution in [0.15, 0.2) is 48.5 Å². The lowest BCUT2D eigenvalue weighted by Crippen LogP contribution is -2.36. The van der Waals surface area contributed by atoms with Crippen LogP contribution in [-0.2, 0) is 0 Å². The van der Waals surface area contributed by atoms with Crippen LogP contribution in [0.25, 0.3) is 10.9 Å². The zero-order valence-electron chi connectivity index (χ0n) is 20.4. The normalized spacial score (nSPS) is 17.6. The van der Waals surface area contributed by atoms with Gasteiger partial charge in [0.25, 0.3) is 5.69 Å². The van der Waals surface area contributed by atoms with E-state index in [0.29, 0.717) is 29.8 Å². The molecule has 1 fully saturated rings. The van der Waals surface area contributed by atoms with Crippen molar-refractivity contribution in [1.29, 1.82) is 0 Å².